The highest BCUT2D eigenvalue weighted by molar-refractivity contribution is 6.49. The summed E-state index contributed by atoms with van der Waals surface area (Å²) >= 11 is 0. The van der Waals surface area contributed by atoms with Gasteiger partial charge in [-0.15, -0.1) is 0 Å². The van der Waals surface area contributed by atoms with Crippen LogP contribution in [-0.4, -0.2) is 0 Å². The van der Waals surface area contributed by atoms with E-state index >= 15 is 0 Å². The molecular weight excluding hydrogens is 577 g/mol. The summed E-state index contributed by atoms with van der Waals surface area (Å²) in [6.45, 7) is 15.1. The first kappa shape index (κ1) is 26.0. The Balaban J connectivity index is 1.45. The Kier molecular flexibility index (Phi) is 4.30. The molecule has 234 valence electrons. The molecule has 0 aromatic heterocycles. The summed E-state index contributed by atoms with van der Waals surface area (Å²) in [4.78, 5) is 0. The number of benzene rings is 8. The van der Waals surface area contributed by atoms with E-state index in [9.17, 15) is 0 Å². The van der Waals surface area contributed by atoms with Gasteiger partial charge in [-0.05, 0) is 219 Å². The smallest absolute Gasteiger partial charge is 0.000719 e. The highest BCUT2D eigenvalue weighted by Crippen LogP contribution is 2.64. The fourth-order valence-corrected chi connectivity index (χ4v) is 14.1. The van der Waals surface area contributed by atoms with E-state index in [1.54, 1.807) is 98.4 Å². The minimum atomic E-state index is 0.562. The lowest BCUT2D eigenvalue weighted by Crippen LogP contribution is -2.29. The molecule has 0 aliphatic heterocycles. The molecule has 0 saturated heterocycles. The number of fused-ring (bicyclic) bond motifs is 4. The van der Waals surface area contributed by atoms with Crippen molar-refractivity contribution in [3.63, 3.8) is 0 Å². The van der Waals surface area contributed by atoms with Crippen LogP contribution in [0, 0.1) is 25.7 Å². The van der Waals surface area contributed by atoms with E-state index in [1.807, 2.05) is 0 Å². The fraction of sp³-hybridized carbons (Fsp3) is 0.375. The Labute approximate surface area is 282 Å². The molecule has 0 heteroatoms. The van der Waals surface area contributed by atoms with Gasteiger partial charge in [0.05, 0.1) is 0 Å². The lowest BCUT2D eigenvalue weighted by atomic mass is 9.58. The summed E-state index contributed by atoms with van der Waals surface area (Å²) < 4.78 is 0. The van der Waals surface area contributed by atoms with E-state index in [0.29, 0.717) is 23.7 Å². The predicted molar refractivity (Wildman–Crippen MR) is 206 cm³/mol. The van der Waals surface area contributed by atoms with Crippen LogP contribution in [0.15, 0.2) is 36.4 Å². The fourth-order valence-electron chi connectivity index (χ4n) is 14.1. The molecule has 0 amide bonds. The molecule has 6 unspecified atom stereocenters. The van der Waals surface area contributed by atoms with Crippen LogP contribution in [-0.2, 0) is 25.7 Å². The Bertz CT molecular complexity index is 2680. The first-order valence-corrected chi connectivity index (χ1v) is 19.3. The summed E-state index contributed by atoms with van der Waals surface area (Å²) in [6, 6.07) is 15.0. The quantitative estimate of drug-likeness (QED) is 0.117. The third-order valence-electron chi connectivity index (χ3n) is 15.7. The molecule has 0 heterocycles. The van der Waals surface area contributed by atoms with Gasteiger partial charge in [0, 0.05) is 0 Å². The molecule has 8 aromatic carbocycles. The van der Waals surface area contributed by atoms with Gasteiger partial charge in [-0.3, -0.25) is 0 Å². The molecular formula is C48H42. The molecule has 8 aromatic rings. The molecule has 0 bridgehead atoms. The topological polar surface area (TPSA) is 0 Å². The van der Waals surface area contributed by atoms with Crippen molar-refractivity contribution in [3.05, 3.63) is 92.0 Å². The van der Waals surface area contributed by atoms with Crippen molar-refractivity contribution in [2.75, 3.05) is 0 Å². The van der Waals surface area contributed by atoms with Gasteiger partial charge in [0.1, 0.15) is 0 Å². The van der Waals surface area contributed by atoms with Crippen LogP contribution in [0.1, 0.15) is 120 Å². The molecule has 6 atom stereocenters. The number of rotatable bonds is 0. The van der Waals surface area contributed by atoms with E-state index in [4.69, 9.17) is 0 Å². The summed E-state index contributed by atoms with van der Waals surface area (Å²) in [6.07, 6.45) is 7.64. The zero-order valence-electron chi connectivity index (χ0n) is 29.2. The monoisotopic (exact) mass is 618 g/mol. The SMILES string of the molecule is Cc1ccc2c3ccc4c5ccc(C)c6c5c5c7c(c8c9c%10c(c%11c%12c(c2c1C(C)C%12C(C)CC%11)c%10c3c4c59)CC8)CCC(C)C7C6C. The van der Waals surface area contributed by atoms with Crippen LogP contribution in [0.25, 0.3) is 75.4 Å². The van der Waals surface area contributed by atoms with Crippen molar-refractivity contribution in [2.24, 2.45) is 11.8 Å². The summed E-state index contributed by atoms with van der Waals surface area (Å²) in [5, 5.41) is 22.5. The predicted octanol–water partition coefficient (Wildman–Crippen LogP) is 12.9. The van der Waals surface area contributed by atoms with Crippen LogP contribution in [0.4, 0.5) is 0 Å². The van der Waals surface area contributed by atoms with Gasteiger partial charge >= 0.3 is 0 Å². The van der Waals surface area contributed by atoms with Gasteiger partial charge in [-0.1, -0.05) is 64.1 Å². The molecule has 5 aliphatic carbocycles. The van der Waals surface area contributed by atoms with Crippen molar-refractivity contribution in [3.8, 4) is 0 Å². The normalized spacial score (nSPS) is 26.9. The van der Waals surface area contributed by atoms with E-state index < -0.39 is 0 Å². The van der Waals surface area contributed by atoms with E-state index in [1.165, 1.54) is 71.2 Å². The van der Waals surface area contributed by atoms with Crippen molar-refractivity contribution in [1.82, 2.24) is 0 Å². The molecule has 0 nitrogen and oxygen atoms in total. The van der Waals surface area contributed by atoms with E-state index in [0.717, 1.165) is 11.8 Å². The van der Waals surface area contributed by atoms with Gasteiger partial charge in [0.15, 0.2) is 0 Å². The molecule has 0 fully saturated rings. The molecule has 0 spiro atoms. The van der Waals surface area contributed by atoms with Crippen LogP contribution in [0.3, 0.4) is 0 Å². The maximum atomic E-state index is 2.58. The third kappa shape index (κ3) is 2.46. The number of aryl methyl sites for hydroxylation is 4. The largest absolute Gasteiger partial charge is 0.0619 e. The second kappa shape index (κ2) is 7.94. The van der Waals surface area contributed by atoms with E-state index in [2.05, 4.69) is 77.9 Å². The summed E-state index contributed by atoms with van der Waals surface area (Å²) in [7, 11) is 0. The van der Waals surface area contributed by atoms with Crippen LogP contribution in [0.5, 0.6) is 0 Å². The Morgan fingerprint density at radius 2 is 0.771 bits per heavy atom. The highest BCUT2D eigenvalue weighted by Gasteiger charge is 2.45. The van der Waals surface area contributed by atoms with Crippen molar-refractivity contribution in [1.29, 1.82) is 0 Å². The lowest BCUT2D eigenvalue weighted by molar-refractivity contribution is 0.361. The van der Waals surface area contributed by atoms with Crippen LogP contribution < -0.4 is 0 Å². The average Bonchev–Trinajstić information content (AvgIpc) is 3.08. The van der Waals surface area contributed by atoms with Gasteiger partial charge in [0.25, 0.3) is 0 Å². The molecule has 13 rings (SSSR count). The Morgan fingerprint density at radius 1 is 0.375 bits per heavy atom. The zero-order chi connectivity index (χ0) is 31.8. The third-order valence-corrected chi connectivity index (χ3v) is 15.7. The number of hydrogen-bond acceptors (Lipinski definition) is 0. The highest BCUT2D eigenvalue weighted by atomic mass is 14.5. The molecule has 0 N–H and O–H groups in total. The van der Waals surface area contributed by atoms with Crippen molar-refractivity contribution < 1.29 is 0 Å². The minimum absolute atomic E-state index is 0.562. The van der Waals surface area contributed by atoms with E-state index in [-0.39, 0.29) is 0 Å². The Morgan fingerprint density at radius 3 is 1.21 bits per heavy atom. The first-order chi connectivity index (χ1) is 23.4. The minimum Gasteiger partial charge on any atom is -0.0619 e. The van der Waals surface area contributed by atoms with Crippen LogP contribution in [0.2, 0.25) is 0 Å². The summed E-state index contributed by atoms with van der Waals surface area (Å²) in [5.41, 5.74) is 16.9. The first-order valence-electron chi connectivity index (χ1n) is 19.3. The van der Waals surface area contributed by atoms with Crippen LogP contribution >= 0.6 is 0 Å². The molecule has 0 saturated carbocycles. The molecule has 5 aliphatic rings. The van der Waals surface area contributed by atoms with Crippen molar-refractivity contribution in [2.45, 2.75) is 104 Å². The number of hydrogen-bond donors (Lipinski definition) is 0. The van der Waals surface area contributed by atoms with Gasteiger partial charge in [0.2, 0.25) is 0 Å². The maximum absolute atomic E-state index is 2.58. The lowest BCUT2D eigenvalue weighted by Gasteiger charge is -2.45. The standard InChI is InChI=1S/C48H42/c1-19-7-11-25-29-15-16-31-27-13-9-21(3)35-24(6)36-22(4)10-14-28-32-18-17-30-26-12-8-20(2)34-23(5)33(19)37(25)45(38(26)34)47-41(29)43(31)48(44(32)42(30)47)46(39(27)35)40(28)36/h7,9,11,13,15-16,20,22-24,34,36H,8,10,12,14,17-18H2,1-6H3. The van der Waals surface area contributed by atoms with Gasteiger partial charge < -0.3 is 0 Å². The molecule has 0 radical (unpaired) electrons. The maximum Gasteiger partial charge on any atom is -0.000719 e. The second-order valence-corrected chi connectivity index (χ2v) is 17.5. The summed E-state index contributed by atoms with van der Waals surface area (Å²) in [5.74, 6) is 3.80. The second-order valence-electron chi connectivity index (χ2n) is 17.5. The van der Waals surface area contributed by atoms with Gasteiger partial charge in [-0.25, -0.2) is 0 Å². The Hall–Kier alpha value is -3.90. The molecule has 48 heavy (non-hydrogen) atoms. The van der Waals surface area contributed by atoms with Gasteiger partial charge in [-0.2, -0.15) is 0 Å². The average molecular weight is 619 g/mol. The van der Waals surface area contributed by atoms with Crippen molar-refractivity contribution >= 4 is 75.4 Å². The zero-order valence-corrected chi connectivity index (χ0v) is 29.2.